The second kappa shape index (κ2) is 4.68. The third kappa shape index (κ3) is 3.14. The molecule has 0 aromatic carbocycles. The zero-order valence-electron chi connectivity index (χ0n) is 8.65. The summed E-state index contributed by atoms with van der Waals surface area (Å²) in [4.78, 5) is 1.84. The first-order valence-electron chi connectivity index (χ1n) is 4.51. The molecule has 0 N–H and O–H groups in total. The van der Waals surface area contributed by atoms with Gasteiger partial charge in [0.2, 0.25) is 5.92 Å². The van der Waals surface area contributed by atoms with Crippen LogP contribution in [0.2, 0.25) is 0 Å². The highest BCUT2D eigenvalue weighted by atomic mass is 79.9. The molecular formula is C10H12BrClF2S. The van der Waals surface area contributed by atoms with E-state index in [-0.39, 0.29) is 0 Å². The summed E-state index contributed by atoms with van der Waals surface area (Å²) in [6, 6.07) is 1.90. The standard InChI is InChI=1S/C10H12BrClF2S/c1-5-4-7(11)9(15-5)8(12)6(2)10(3,13)14/h4,6,8H,1-3H3. The summed E-state index contributed by atoms with van der Waals surface area (Å²) in [5.74, 6) is -3.64. The van der Waals surface area contributed by atoms with Gasteiger partial charge in [0.25, 0.3) is 0 Å². The Morgan fingerprint density at radius 3 is 2.40 bits per heavy atom. The van der Waals surface area contributed by atoms with Gasteiger partial charge in [-0.25, -0.2) is 8.78 Å². The molecule has 0 fully saturated rings. The summed E-state index contributed by atoms with van der Waals surface area (Å²) < 4.78 is 27.0. The molecule has 0 aliphatic heterocycles. The highest BCUT2D eigenvalue weighted by Gasteiger charge is 2.37. The predicted molar refractivity (Wildman–Crippen MR) is 65.1 cm³/mol. The third-order valence-electron chi connectivity index (χ3n) is 2.33. The molecule has 0 bridgehead atoms. The lowest BCUT2D eigenvalue weighted by Gasteiger charge is -2.23. The SMILES string of the molecule is Cc1cc(Br)c(C(Cl)C(C)C(C)(F)F)s1. The molecule has 0 saturated carbocycles. The molecule has 5 heteroatoms. The van der Waals surface area contributed by atoms with Crippen LogP contribution in [0.1, 0.15) is 29.0 Å². The number of hydrogen-bond donors (Lipinski definition) is 0. The van der Waals surface area contributed by atoms with Gasteiger partial charge in [-0.2, -0.15) is 0 Å². The maximum atomic E-state index is 13.1. The Morgan fingerprint density at radius 1 is 1.53 bits per heavy atom. The van der Waals surface area contributed by atoms with E-state index >= 15 is 0 Å². The molecule has 86 valence electrons. The highest BCUT2D eigenvalue weighted by molar-refractivity contribution is 9.10. The van der Waals surface area contributed by atoms with Crippen LogP contribution < -0.4 is 0 Å². The fraction of sp³-hybridized carbons (Fsp3) is 0.600. The van der Waals surface area contributed by atoms with Crippen LogP contribution in [0.3, 0.4) is 0 Å². The van der Waals surface area contributed by atoms with E-state index in [1.165, 1.54) is 18.3 Å². The minimum Gasteiger partial charge on any atom is -0.207 e. The second-order valence-electron chi connectivity index (χ2n) is 3.72. The molecule has 1 aromatic rings. The van der Waals surface area contributed by atoms with Gasteiger partial charge < -0.3 is 0 Å². The summed E-state index contributed by atoms with van der Waals surface area (Å²) in [5.41, 5.74) is 0. The monoisotopic (exact) mass is 316 g/mol. The Bertz CT molecular complexity index is 346. The molecule has 1 aromatic heterocycles. The molecule has 0 spiro atoms. The lowest BCUT2D eigenvalue weighted by atomic mass is 10.00. The molecule has 1 heterocycles. The first-order chi connectivity index (χ1) is 6.73. The molecule has 0 nitrogen and oxygen atoms in total. The van der Waals surface area contributed by atoms with E-state index in [9.17, 15) is 8.78 Å². The maximum Gasteiger partial charge on any atom is 0.249 e. The molecule has 0 aliphatic rings. The van der Waals surface area contributed by atoms with Crippen molar-refractivity contribution >= 4 is 38.9 Å². The molecule has 15 heavy (non-hydrogen) atoms. The number of thiophene rings is 1. The van der Waals surface area contributed by atoms with Crippen molar-refractivity contribution in [3.05, 3.63) is 20.3 Å². The fourth-order valence-corrected chi connectivity index (χ4v) is 3.76. The topological polar surface area (TPSA) is 0 Å². The fourth-order valence-electron chi connectivity index (χ4n) is 1.17. The Balaban J connectivity index is 2.94. The largest absolute Gasteiger partial charge is 0.249 e. The molecule has 1 rings (SSSR count). The Labute approximate surface area is 106 Å². The van der Waals surface area contributed by atoms with Crippen LogP contribution in [0.15, 0.2) is 10.5 Å². The number of aryl methyl sites for hydroxylation is 1. The van der Waals surface area contributed by atoms with Crippen molar-refractivity contribution in [3.8, 4) is 0 Å². The van der Waals surface area contributed by atoms with E-state index in [1.807, 2.05) is 13.0 Å². The Morgan fingerprint density at radius 2 is 2.07 bits per heavy atom. The molecule has 0 aliphatic carbocycles. The molecule has 2 atom stereocenters. The maximum absolute atomic E-state index is 13.1. The number of alkyl halides is 3. The highest BCUT2D eigenvalue weighted by Crippen LogP contribution is 2.44. The zero-order valence-corrected chi connectivity index (χ0v) is 11.8. The quantitative estimate of drug-likeness (QED) is 0.656. The average molecular weight is 318 g/mol. The zero-order chi connectivity index (χ0) is 11.8. The van der Waals surface area contributed by atoms with Crippen LogP contribution in [-0.2, 0) is 0 Å². The van der Waals surface area contributed by atoms with E-state index in [0.29, 0.717) is 0 Å². The smallest absolute Gasteiger partial charge is 0.207 e. The van der Waals surface area contributed by atoms with Gasteiger partial charge in [-0.15, -0.1) is 22.9 Å². The second-order valence-corrected chi connectivity index (χ2v) is 6.33. The lowest BCUT2D eigenvalue weighted by molar-refractivity contribution is -0.0337. The first-order valence-corrected chi connectivity index (χ1v) is 6.55. The molecule has 0 saturated heterocycles. The molecular weight excluding hydrogens is 306 g/mol. The van der Waals surface area contributed by atoms with E-state index < -0.39 is 17.2 Å². The van der Waals surface area contributed by atoms with Crippen molar-refractivity contribution in [3.63, 3.8) is 0 Å². The van der Waals surface area contributed by atoms with Crippen molar-refractivity contribution in [1.29, 1.82) is 0 Å². The van der Waals surface area contributed by atoms with Gasteiger partial charge in [-0.3, -0.25) is 0 Å². The molecule has 0 amide bonds. The van der Waals surface area contributed by atoms with E-state index in [0.717, 1.165) is 21.2 Å². The number of hydrogen-bond acceptors (Lipinski definition) is 1. The normalized spacial score (nSPS) is 16.5. The van der Waals surface area contributed by atoms with Crippen LogP contribution in [0.5, 0.6) is 0 Å². The Kier molecular flexibility index (Phi) is 4.18. The van der Waals surface area contributed by atoms with Crippen molar-refractivity contribution in [2.75, 3.05) is 0 Å². The summed E-state index contributed by atoms with van der Waals surface area (Å²) >= 11 is 10.8. The first kappa shape index (κ1) is 13.4. The van der Waals surface area contributed by atoms with Gasteiger partial charge in [0.1, 0.15) is 0 Å². The van der Waals surface area contributed by atoms with Crippen molar-refractivity contribution in [2.24, 2.45) is 5.92 Å². The van der Waals surface area contributed by atoms with Gasteiger partial charge in [-0.1, -0.05) is 6.92 Å². The van der Waals surface area contributed by atoms with Crippen LogP contribution in [0, 0.1) is 12.8 Å². The van der Waals surface area contributed by atoms with E-state index in [4.69, 9.17) is 11.6 Å². The van der Waals surface area contributed by atoms with Crippen LogP contribution >= 0.6 is 38.9 Å². The molecule has 2 unspecified atom stereocenters. The number of halogens is 4. The molecule has 0 radical (unpaired) electrons. The van der Waals surface area contributed by atoms with Crippen LogP contribution in [0.4, 0.5) is 8.78 Å². The van der Waals surface area contributed by atoms with Gasteiger partial charge in [-0.05, 0) is 35.8 Å². The minimum atomic E-state index is -2.76. The van der Waals surface area contributed by atoms with Crippen LogP contribution in [-0.4, -0.2) is 5.92 Å². The van der Waals surface area contributed by atoms with Crippen molar-refractivity contribution < 1.29 is 8.78 Å². The van der Waals surface area contributed by atoms with Gasteiger partial charge in [0.05, 0.1) is 5.38 Å². The summed E-state index contributed by atoms with van der Waals surface area (Å²) in [7, 11) is 0. The third-order valence-corrected chi connectivity index (χ3v) is 5.10. The van der Waals surface area contributed by atoms with Gasteiger partial charge in [0.15, 0.2) is 0 Å². The van der Waals surface area contributed by atoms with Gasteiger partial charge >= 0.3 is 0 Å². The Hall–Kier alpha value is 0.330. The lowest BCUT2D eigenvalue weighted by Crippen LogP contribution is -2.25. The summed E-state index contributed by atoms with van der Waals surface area (Å²) in [6.07, 6.45) is 0. The van der Waals surface area contributed by atoms with E-state index in [2.05, 4.69) is 15.9 Å². The minimum absolute atomic E-state index is 0.655. The summed E-state index contributed by atoms with van der Waals surface area (Å²) in [6.45, 7) is 4.30. The van der Waals surface area contributed by atoms with Gasteiger partial charge in [0, 0.05) is 20.1 Å². The van der Waals surface area contributed by atoms with E-state index in [1.54, 1.807) is 0 Å². The number of rotatable bonds is 3. The van der Waals surface area contributed by atoms with Crippen LogP contribution in [0.25, 0.3) is 0 Å². The van der Waals surface area contributed by atoms with Crippen molar-refractivity contribution in [2.45, 2.75) is 32.1 Å². The average Bonchev–Trinajstić information content (AvgIpc) is 2.41. The summed E-state index contributed by atoms with van der Waals surface area (Å²) in [5, 5.41) is -0.655. The predicted octanol–water partition coefficient (Wildman–Crippen LogP) is 5.39. The van der Waals surface area contributed by atoms with Crippen molar-refractivity contribution in [1.82, 2.24) is 0 Å².